The van der Waals surface area contributed by atoms with Crippen LogP contribution in [0, 0.1) is 6.57 Å². The molecule has 34 heavy (non-hydrogen) atoms. The van der Waals surface area contributed by atoms with Crippen molar-refractivity contribution in [1.29, 1.82) is 0 Å². The normalized spacial score (nSPS) is 10.5. The fourth-order valence-electron chi connectivity index (χ4n) is 3.72. The Bertz CT molecular complexity index is 1050. The summed E-state index contributed by atoms with van der Waals surface area (Å²) in [7, 11) is 0. The van der Waals surface area contributed by atoms with Crippen molar-refractivity contribution >= 4 is 11.7 Å². The minimum absolute atomic E-state index is 0.420. The Morgan fingerprint density at radius 1 is 0.706 bits per heavy atom. The summed E-state index contributed by atoms with van der Waals surface area (Å²) in [6.45, 7) is 9.98. The SMILES string of the molecule is [C-]#[N+]c1ccc(OC(=O)c2ccc(-c3ccc(OCCCCCCCCCC)cc3)cc2)cc1. The molecule has 0 aliphatic heterocycles. The summed E-state index contributed by atoms with van der Waals surface area (Å²) < 4.78 is 11.3. The average Bonchev–Trinajstić information content (AvgIpc) is 2.88. The van der Waals surface area contributed by atoms with Crippen molar-refractivity contribution in [2.45, 2.75) is 58.3 Å². The zero-order valence-corrected chi connectivity index (χ0v) is 20.0. The van der Waals surface area contributed by atoms with E-state index < -0.39 is 5.97 Å². The van der Waals surface area contributed by atoms with E-state index in [1.807, 2.05) is 36.4 Å². The van der Waals surface area contributed by atoms with Gasteiger partial charge in [0.05, 0.1) is 18.7 Å². The lowest BCUT2D eigenvalue weighted by atomic mass is 10.0. The molecule has 0 heterocycles. The van der Waals surface area contributed by atoms with Crippen LogP contribution in [0.15, 0.2) is 72.8 Å². The van der Waals surface area contributed by atoms with Crippen LogP contribution in [-0.2, 0) is 0 Å². The second kappa shape index (κ2) is 13.9. The van der Waals surface area contributed by atoms with Crippen molar-refractivity contribution in [2.75, 3.05) is 6.61 Å². The van der Waals surface area contributed by atoms with Crippen molar-refractivity contribution in [2.24, 2.45) is 0 Å². The standard InChI is InChI=1S/C30H33NO3/c1-3-4-5-6-7-8-9-10-23-33-28-19-15-25(16-20-28)24-11-13-26(14-12-24)30(32)34-29-21-17-27(31-2)18-22-29/h11-22H,3-10,23H2,1H3. The molecule has 3 rings (SSSR count). The van der Waals surface area contributed by atoms with Gasteiger partial charge in [-0.1, -0.05) is 88.3 Å². The smallest absolute Gasteiger partial charge is 0.343 e. The van der Waals surface area contributed by atoms with Crippen LogP contribution in [0.4, 0.5) is 5.69 Å². The predicted octanol–water partition coefficient (Wildman–Crippen LogP) is 8.64. The summed E-state index contributed by atoms with van der Waals surface area (Å²) in [6, 6.07) is 21.9. The van der Waals surface area contributed by atoms with Crippen LogP contribution in [0.2, 0.25) is 0 Å². The molecule has 0 atom stereocenters. The molecule has 0 radical (unpaired) electrons. The summed E-state index contributed by atoms with van der Waals surface area (Å²) in [4.78, 5) is 15.7. The number of esters is 1. The van der Waals surface area contributed by atoms with Crippen LogP contribution in [0.3, 0.4) is 0 Å². The number of carbonyl (C=O) groups is 1. The summed E-state index contributed by atoms with van der Waals surface area (Å²) >= 11 is 0. The quantitative estimate of drug-likeness (QED) is 0.112. The first-order chi connectivity index (χ1) is 16.7. The molecule has 4 heteroatoms. The minimum Gasteiger partial charge on any atom is -0.494 e. The maximum atomic E-state index is 12.4. The number of hydrogen-bond donors (Lipinski definition) is 0. The van der Waals surface area contributed by atoms with E-state index in [2.05, 4.69) is 11.8 Å². The summed E-state index contributed by atoms with van der Waals surface area (Å²) in [6.07, 6.45) is 10.3. The van der Waals surface area contributed by atoms with Gasteiger partial charge in [-0.15, -0.1) is 0 Å². The van der Waals surface area contributed by atoms with Crippen molar-refractivity contribution in [3.8, 4) is 22.6 Å². The molecule has 4 nitrogen and oxygen atoms in total. The molecular formula is C30H33NO3. The van der Waals surface area contributed by atoms with Crippen LogP contribution in [0.25, 0.3) is 16.0 Å². The minimum atomic E-state index is -0.424. The number of rotatable bonds is 13. The monoisotopic (exact) mass is 455 g/mol. The first kappa shape index (κ1) is 25.1. The van der Waals surface area contributed by atoms with E-state index in [1.54, 1.807) is 36.4 Å². The van der Waals surface area contributed by atoms with Crippen LogP contribution in [-0.4, -0.2) is 12.6 Å². The third kappa shape index (κ3) is 8.08. The lowest BCUT2D eigenvalue weighted by Gasteiger charge is -2.08. The molecule has 3 aromatic rings. The van der Waals surface area contributed by atoms with Crippen LogP contribution < -0.4 is 9.47 Å². The number of ether oxygens (including phenoxy) is 2. The Balaban J connectivity index is 1.42. The van der Waals surface area contributed by atoms with Gasteiger partial charge in [0.2, 0.25) is 0 Å². The van der Waals surface area contributed by atoms with E-state index in [9.17, 15) is 4.79 Å². The van der Waals surface area contributed by atoms with E-state index in [-0.39, 0.29) is 0 Å². The van der Waals surface area contributed by atoms with Crippen molar-refractivity contribution in [3.63, 3.8) is 0 Å². The van der Waals surface area contributed by atoms with Gasteiger partial charge in [0.15, 0.2) is 5.69 Å². The van der Waals surface area contributed by atoms with Gasteiger partial charge in [0, 0.05) is 0 Å². The van der Waals surface area contributed by atoms with Gasteiger partial charge in [-0.3, -0.25) is 0 Å². The zero-order chi connectivity index (χ0) is 24.0. The fourth-order valence-corrected chi connectivity index (χ4v) is 3.72. The van der Waals surface area contributed by atoms with Crippen LogP contribution in [0.1, 0.15) is 68.6 Å². The number of benzene rings is 3. The molecule has 0 unspecified atom stereocenters. The number of unbranched alkanes of at least 4 members (excludes halogenated alkanes) is 7. The molecule has 0 fully saturated rings. The molecule has 3 aromatic carbocycles. The number of hydrogen-bond acceptors (Lipinski definition) is 3. The second-order valence-electron chi connectivity index (χ2n) is 8.42. The molecule has 0 aromatic heterocycles. The van der Waals surface area contributed by atoms with Gasteiger partial charge >= 0.3 is 5.97 Å². The Kier molecular flexibility index (Phi) is 10.2. The molecular weight excluding hydrogens is 422 g/mol. The largest absolute Gasteiger partial charge is 0.494 e. The van der Waals surface area contributed by atoms with Gasteiger partial charge in [-0.25, -0.2) is 9.64 Å². The van der Waals surface area contributed by atoms with Crippen molar-refractivity contribution in [3.05, 3.63) is 89.8 Å². The summed E-state index contributed by atoms with van der Waals surface area (Å²) in [5.41, 5.74) is 3.07. The molecule has 0 bridgehead atoms. The molecule has 0 amide bonds. The summed E-state index contributed by atoms with van der Waals surface area (Å²) in [5.74, 6) is 0.881. The highest BCUT2D eigenvalue weighted by atomic mass is 16.5. The molecule has 0 spiro atoms. The van der Waals surface area contributed by atoms with E-state index >= 15 is 0 Å². The molecule has 0 aliphatic carbocycles. The molecule has 0 saturated carbocycles. The number of carbonyl (C=O) groups excluding carboxylic acids is 1. The van der Waals surface area contributed by atoms with E-state index in [1.165, 1.54) is 44.9 Å². The fraction of sp³-hybridized carbons (Fsp3) is 0.333. The topological polar surface area (TPSA) is 39.9 Å². The van der Waals surface area contributed by atoms with Crippen molar-refractivity contribution < 1.29 is 14.3 Å². The highest BCUT2D eigenvalue weighted by Gasteiger charge is 2.09. The number of nitrogens with zero attached hydrogens (tertiary/aromatic N) is 1. The molecule has 0 aliphatic rings. The predicted molar refractivity (Wildman–Crippen MR) is 138 cm³/mol. The lowest BCUT2D eigenvalue weighted by molar-refractivity contribution is 0.0735. The van der Waals surface area contributed by atoms with Gasteiger partial charge in [0.1, 0.15) is 11.5 Å². The lowest BCUT2D eigenvalue weighted by Crippen LogP contribution is -2.08. The van der Waals surface area contributed by atoms with E-state index in [4.69, 9.17) is 16.0 Å². The van der Waals surface area contributed by atoms with Gasteiger partial charge in [0.25, 0.3) is 0 Å². The van der Waals surface area contributed by atoms with Crippen molar-refractivity contribution in [1.82, 2.24) is 0 Å². The summed E-state index contributed by atoms with van der Waals surface area (Å²) in [5, 5.41) is 0. The molecule has 0 N–H and O–H groups in total. The third-order valence-electron chi connectivity index (χ3n) is 5.75. The second-order valence-corrected chi connectivity index (χ2v) is 8.42. The van der Waals surface area contributed by atoms with Crippen LogP contribution >= 0.6 is 0 Å². The Morgan fingerprint density at radius 2 is 1.24 bits per heavy atom. The van der Waals surface area contributed by atoms with Crippen LogP contribution in [0.5, 0.6) is 11.5 Å². The average molecular weight is 456 g/mol. The highest BCUT2D eigenvalue weighted by Crippen LogP contribution is 2.24. The molecule has 0 saturated heterocycles. The van der Waals surface area contributed by atoms with Gasteiger partial charge < -0.3 is 9.47 Å². The zero-order valence-electron chi connectivity index (χ0n) is 20.0. The maximum absolute atomic E-state index is 12.4. The first-order valence-corrected chi connectivity index (χ1v) is 12.2. The maximum Gasteiger partial charge on any atom is 0.343 e. The Hall–Kier alpha value is -3.58. The Labute approximate surface area is 203 Å². The van der Waals surface area contributed by atoms with E-state index in [0.29, 0.717) is 17.0 Å². The first-order valence-electron chi connectivity index (χ1n) is 12.2. The third-order valence-corrected chi connectivity index (χ3v) is 5.75. The van der Waals surface area contributed by atoms with Gasteiger partial charge in [-0.05, 0) is 53.9 Å². The Morgan fingerprint density at radius 3 is 1.82 bits per heavy atom. The highest BCUT2D eigenvalue weighted by molar-refractivity contribution is 5.91. The van der Waals surface area contributed by atoms with E-state index in [0.717, 1.165) is 29.9 Å². The van der Waals surface area contributed by atoms with Gasteiger partial charge in [-0.2, -0.15) is 0 Å². The molecule has 176 valence electrons.